The van der Waals surface area contributed by atoms with Crippen LogP contribution in [0.25, 0.3) is 5.69 Å². The predicted octanol–water partition coefficient (Wildman–Crippen LogP) is 4.89. The number of carbonyl (C=O) groups excluding carboxylic acids is 1. The number of thioether (sulfide) groups is 1. The number of anilines is 1. The summed E-state index contributed by atoms with van der Waals surface area (Å²) < 4.78 is 7.84. The minimum absolute atomic E-state index is 0.101. The monoisotopic (exact) mass is 430 g/mol. The molecule has 1 amide bonds. The van der Waals surface area contributed by atoms with Crippen LogP contribution in [-0.2, 0) is 11.4 Å². The van der Waals surface area contributed by atoms with Crippen LogP contribution >= 0.6 is 11.8 Å². The molecule has 0 atom stereocenters. The topological polar surface area (TPSA) is 69.0 Å². The van der Waals surface area contributed by atoms with E-state index in [4.69, 9.17) is 4.74 Å². The first-order valence-corrected chi connectivity index (χ1v) is 10.8. The third kappa shape index (κ3) is 5.52. The SMILES string of the molecule is Cc1ccc(OCc2nnc(SCC(=O)Nc3ccccc3)n2-c2ccccc2)cc1. The Bertz CT molecular complexity index is 1130. The maximum absolute atomic E-state index is 12.4. The summed E-state index contributed by atoms with van der Waals surface area (Å²) in [5.41, 5.74) is 2.86. The highest BCUT2D eigenvalue weighted by atomic mass is 32.2. The van der Waals surface area contributed by atoms with Gasteiger partial charge >= 0.3 is 0 Å². The van der Waals surface area contributed by atoms with Crippen LogP contribution in [0.2, 0.25) is 0 Å². The molecule has 0 spiro atoms. The van der Waals surface area contributed by atoms with Crippen LogP contribution in [-0.4, -0.2) is 26.4 Å². The number of rotatable bonds is 8. The summed E-state index contributed by atoms with van der Waals surface area (Å²) in [7, 11) is 0. The molecule has 0 radical (unpaired) electrons. The third-order valence-corrected chi connectivity index (χ3v) is 5.42. The Morgan fingerprint density at radius 3 is 2.32 bits per heavy atom. The summed E-state index contributed by atoms with van der Waals surface area (Å²) in [6.45, 7) is 2.30. The van der Waals surface area contributed by atoms with Crippen LogP contribution in [0.4, 0.5) is 5.69 Å². The molecule has 0 aliphatic heterocycles. The summed E-state index contributed by atoms with van der Waals surface area (Å²) in [5.74, 6) is 1.55. The van der Waals surface area contributed by atoms with Gasteiger partial charge in [-0.05, 0) is 43.3 Å². The largest absolute Gasteiger partial charge is 0.486 e. The van der Waals surface area contributed by atoms with E-state index in [1.165, 1.54) is 17.3 Å². The molecule has 0 aliphatic rings. The number of aromatic nitrogens is 3. The highest BCUT2D eigenvalue weighted by molar-refractivity contribution is 7.99. The molecule has 0 unspecified atom stereocenters. The van der Waals surface area contributed by atoms with Gasteiger partial charge in [0.05, 0.1) is 5.75 Å². The summed E-state index contributed by atoms with van der Waals surface area (Å²) >= 11 is 1.34. The van der Waals surface area contributed by atoms with Crippen molar-refractivity contribution in [2.75, 3.05) is 11.1 Å². The Morgan fingerprint density at radius 1 is 0.935 bits per heavy atom. The van der Waals surface area contributed by atoms with Crippen LogP contribution in [0.15, 0.2) is 90.1 Å². The molecular weight excluding hydrogens is 408 g/mol. The standard InChI is InChI=1S/C24H22N4O2S/c1-18-12-14-21(15-13-18)30-16-22-26-27-24(28(22)20-10-6-3-7-11-20)31-17-23(29)25-19-8-4-2-5-9-19/h2-15H,16-17H2,1H3,(H,25,29). The molecule has 7 heteroatoms. The van der Waals surface area contributed by atoms with E-state index in [2.05, 4.69) is 15.5 Å². The first kappa shape index (κ1) is 20.7. The number of hydrogen-bond acceptors (Lipinski definition) is 5. The minimum Gasteiger partial charge on any atom is -0.486 e. The molecule has 31 heavy (non-hydrogen) atoms. The van der Waals surface area contributed by atoms with Crippen LogP contribution in [0.1, 0.15) is 11.4 Å². The van der Waals surface area contributed by atoms with E-state index < -0.39 is 0 Å². The maximum atomic E-state index is 12.4. The summed E-state index contributed by atoms with van der Waals surface area (Å²) in [6.07, 6.45) is 0. The smallest absolute Gasteiger partial charge is 0.234 e. The fourth-order valence-electron chi connectivity index (χ4n) is 2.95. The van der Waals surface area contributed by atoms with Crippen molar-refractivity contribution in [3.8, 4) is 11.4 Å². The molecule has 1 aromatic heterocycles. The van der Waals surface area contributed by atoms with E-state index in [9.17, 15) is 4.79 Å². The van der Waals surface area contributed by atoms with Crippen molar-refractivity contribution < 1.29 is 9.53 Å². The van der Waals surface area contributed by atoms with Crippen LogP contribution < -0.4 is 10.1 Å². The Morgan fingerprint density at radius 2 is 1.61 bits per heavy atom. The van der Waals surface area contributed by atoms with Crippen molar-refractivity contribution in [2.45, 2.75) is 18.7 Å². The molecule has 4 rings (SSSR count). The van der Waals surface area contributed by atoms with Gasteiger partial charge in [-0.3, -0.25) is 9.36 Å². The molecule has 0 saturated heterocycles. The fourth-order valence-corrected chi connectivity index (χ4v) is 3.73. The zero-order chi connectivity index (χ0) is 21.5. The number of amides is 1. The van der Waals surface area contributed by atoms with Crippen LogP contribution in [0.3, 0.4) is 0 Å². The first-order valence-electron chi connectivity index (χ1n) is 9.86. The molecule has 1 heterocycles. The molecule has 1 N–H and O–H groups in total. The fraction of sp³-hybridized carbons (Fsp3) is 0.125. The van der Waals surface area contributed by atoms with Crippen molar-refractivity contribution in [1.29, 1.82) is 0 Å². The van der Waals surface area contributed by atoms with Crippen molar-refractivity contribution >= 4 is 23.4 Å². The van der Waals surface area contributed by atoms with Crippen molar-refractivity contribution in [3.63, 3.8) is 0 Å². The van der Waals surface area contributed by atoms with E-state index in [1.807, 2.05) is 96.4 Å². The van der Waals surface area contributed by atoms with Crippen LogP contribution in [0, 0.1) is 6.92 Å². The van der Waals surface area contributed by atoms with Crippen LogP contribution in [0.5, 0.6) is 5.75 Å². The van der Waals surface area contributed by atoms with E-state index in [-0.39, 0.29) is 18.3 Å². The van der Waals surface area contributed by atoms with Gasteiger partial charge in [0, 0.05) is 11.4 Å². The van der Waals surface area contributed by atoms with Gasteiger partial charge in [0.15, 0.2) is 11.0 Å². The van der Waals surface area contributed by atoms with Gasteiger partial charge in [0.2, 0.25) is 5.91 Å². The summed E-state index contributed by atoms with van der Waals surface area (Å²) in [4.78, 5) is 12.4. The van der Waals surface area contributed by atoms with Gasteiger partial charge in [-0.2, -0.15) is 0 Å². The van der Waals surface area contributed by atoms with Crippen molar-refractivity contribution in [3.05, 3.63) is 96.3 Å². The lowest BCUT2D eigenvalue weighted by Crippen LogP contribution is -2.14. The number of para-hydroxylation sites is 2. The number of nitrogens with zero attached hydrogens (tertiary/aromatic N) is 3. The lowest BCUT2D eigenvalue weighted by Gasteiger charge is -2.11. The Balaban J connectivity index is 1.49. The highest BCUT2D eigenvalue weighted by Gasteiger charge is 2.16. The molecule has 0 saturated carbocycles. The maximum Gasteiger partial charge on any atom is 0.234 e. The number of hydrogen-bond donors (Lipinski definition) is 1. The third-order valence-electron chi connectivity index (χ3n) is 4.49. The van der Waals surface area contributed by atoms with E-state index >= 15 is 0 Å². The molecule has 3 aromatic carbocycles. The number of ether oxygens (including phenoxy) is 1. The quantitative estimate of drug-likeness (QED) is 0.403. The van der Waals surface area contributed by atoms with Crippen molar-refractivity contribution in [2.24, 2.45) is 0 Å². The number of nitrogens with one attached hydrogen (secondary N) is 1. The van der Waals surface area contributed by atoms with E-state index in [0.29, 0.717) is 11.0 Å². The first-order chi connectivity index (χ1) is 15.2. The predicted molar refractivity (Wildman–Crippen MR) is 123 cm³/mol. The van der Waals surface area contributed by atoms with Gasteiger partial charge in [-0.25, -0.2) is 0 Å². The van der Waals surface area contributed by atoms with Gasteiger partial charge in [-0.1, -0.05) is 65.9 Å². The number of aryl methyl sites for hydroxylation is 1. The second kappa shape index (κ2) is 9.95. The van der Waals surface area contributed by atoms with Gasteiger partial charge < -0.3 is 10.1 Å². The number of carbonyl (C=O) groups is 1. The van der Waals surface area contributed by atoms with Gasteiger partial charge in [0.1, 0.15) is 12.4 Å². The Labute approximate surface area is 185 Å². The molecule has 0 bridgehead atoms. The molecule has 0 fully saturated rings. The zero-order valence-corrected chi connectivity index (χ0v) is 17.9. The molecule has 4 aromatic rings. The molecule has 6 nitrogen and oxygen atoms in total. The Hall–Kier alpha value is -3.58. The minimum atomic E-state index is -0.101. The zero-order valence-electron chi connectivity index (χ0n) is 17.1. The van der Waals surface area contributed by atoms with E-state index in [1.54, 1.807) is 0 Å². The van der Waals surface area contributed by atoms with Gasteiger partial charge in [0.25, 0.3) is 0 Å². The number of benzene rings is 3. The lowest BCUT2D eigenvalue weighted by atomic mass is 10.2. The molecular formula is C24H22N4O2S. The average Bonchev–Trinajstić information content (AvgIpc) is 3.21. The Kier molecular flexibility index (Phi) is 6.64. The molecule has 0 aliphatic carbocycles. The average molecular weight is 431 g/mol. The second-order valence-electron chi connectivity index (χ2n) is 6.87. The highest BCUT2D eigenvalue weighted by Crippen LogP contribution is 2.23. The summed E-state index contributed by atoms with van der Waals surface area (Å²) in [6, 6.07) is 27.1. The van der Waals surface area contributed by atoms with Crippen molar-refractivity contribution in [1.82, 2.24) is 14.8 Å². The normalized spacial score (nSPS) is 10.6. The van der Waals surface area contributed by atoms with Gasteiger partial charge in [-0.15, -0.1) is 10.2 Å². The molecule has 156 valence electrons. The van der Waals surface area contributed by atoms with E-state index in [0.717, 1.165) is 17.1 Å². The lowest BCUT2D eigenvalue weighted by molar-refractivity contribution is -0.113. The second-order valence-corrected chi connectivity index (χ2v) is 7.82. The summed E-state index contributed by atoms with van der Waals surface area (Å²) in [5, 5.41) is 12.2.